The number of rotatable bonds is 5. The molecule has 0 aliphatic carbocycles. The molecule has 19 heavy (non-hydrogen) atoms. The molecule has 0 aromatic heterocycles. The average molecular weight is 291 g/mol. The quantitative estimate of drug-likeness (QED) is 0.798. The van der Waals surface area contributed by atoms with Crippen molar-refractivity contribution in [2.24, 2.45) is 5.92 Å². The lowest BCUT2D eigenvalue weighted by Gasteiger charge is -2.33. The molecule has 1 rings (SSSR count). The molecule has 1 amide bonds. The van der Waals surface area contributed by atoms with Crippen molar-refractivity contribution in [3.05, 3.63) is 0 Å². The fraction of sp³-hybridized carbons (Fsp3) is 0.917. The third-order valence-corrected chi connectivity index (χ3v) is 5.14. The molecule has 0 atom stereocenters. The van der Waals surface area contributed by atoms with Crippen LogP contribution in [-0.4, -0.2) is 56.2 Å². The van der Waals surface area contributed by atoms with Gasteiger partial charge < -0.3 is 5.32 Å². The normalized spacial score (nSPS) is 19.1. The summed E-state index contributed by atoms with van der Waals surface area (Å²) in [6, 6.07) is 0.0971. The predicted molar refractivity (Wildman–Crippen MR) is 74.8 cm³/mol. The molecule has 1 aliphatic rings. The minimum Gasteiger partial charge on any atom is -0.353 e. The molecule has 0 bridgehead atoms. The minimum atomic E-state index is -3.32. The Kier molecular flexibility index (Phi) is 5.76. The summed E-state index contributed by atoms with van der Waals surface area (Å²) in [5, 5.41) is 2.98. The fourth-order valence-electron chi connectivity index (χ4n) is 2.12. The number of hydrogen-bond donors (Lipinski definition) is 1. The van der Waals surface area contributed by atoms with E-state index in [1.807, 2.05) is 13.8 Å². The summed E-state index contributed by atoms with van der Waals surface area (Å²) in [5.41, 5.74) is 0. The van der Waals surface area contributed by atoms with Crippen LogP contribution in [0.2, 0.25) is 0 Å². The first-order valence-electron chi connectivity index (χ1n) is 6.70. The van der Waals surface area contributed by atoms with Gasteiger partial charge in [-0.25, -0.2) is 0 Å². The van der Waals surface area contributed by atoms with Gasteiger partial charge in [-0.3, -0.25) is 4.79 Å². The van der Waals surface area contributed by atoms with E-state index in [4.69, 9.17) is 0 Å². The number of carbonyl (C=O) groups excluding carboxylic acids is 1. The molecule has 0 aromatic rings. The molecule has 7 heteroatoms. The molecule has 0 spiro atoms. The highest BCUT2D eigenvalue weighted by Crippen LogP contribution is 2.15. The molecule has 1 saturated heterocycles. The van der Waals surface area contributed by atoms with Gasteiger partial charge in [0.1, 0.15) is 0 Å². The molecule has 112 valence electrons. The van der Waals surface area contributed by atoms with Crippen LogP contribution in [0.15, 0.2) is 0 Å². The summed E-state index contributed by atoms with van der Waals surface area (Å²) in [5.74, 6) is 0.401. The Morgan fingerprint density at radius 1 is 1.32 bits per heavy atom. The van der Waals surface area contributed by atoms with Crippen molar-refractivity contribution >= 4 is 16.1 Å². The third-order valence-electron chi connectivity index (χ3n) is 3.20. The van der Waals surface area contributed by atoms with Crippen molar-refractivity contribution in [2.45, 2.75) is 39.2 Å². The van der Waals surface area contributed by atoms with Gasteiger partial charge in [-0.15, -0.1) is 0 Å². The number of amides is 1. The standard InChI is InChI=1S/C12H25N3O3S/c1-10(2)9-12(16)13-11-5-7-15(8-6-11)19(17,18)14(3)4/h10-11H,5-9H2,1-4H3,(H,13,16). The fourth-order valence-corrected chi connectivity index (χ4v) is 3.25. The van der Waals surface area contributed by atoms with Gasteiger partial charge in [0, 0.05) is 39.6 Å². The van der Waals surface area contributed by atoms with Crippen molar-refractivity contribution < 1.29 is 13.2 Å². The van der Waals surface area contributed by atoms with Gasteiger partial charge in [0.2, 0.25) is 5.91 Å². The highest BCUT2D eigenvalue weighted by atomic mass is 32.2. The largest absolute Gasteiger partial charge is 0.353 e. The third kappa shape index (κ3) is 4.74. The molecule has 0 aromatic carbocycles. The molecule has 1 aliphatic heterocycles. The van der Waals surface area contributed by atoms with E-state index >= 15 is 0 Å². The van der Waals surface area contributed by atoms with Crippen molar-refractivity contribution in [2.75, 3.05) is 27.2 Å². The molecule has 6 nitrogen and oxygen atoms in total. The Labute approximate surface area is 116 Å². The van der Waals surface area contributed by atoms with Crippen molar-refractivity contribution in [3.8, 4) is 0 Å². The Hall–Kier alpha value is -0.660. The summed E-state index contributed by atoms with van der Waals surface area (Å²) in [7, 11) is -0.250. The molecule has 0 saturated carbocycles. The van der Waals surface area contributed by atoms with E-state index in [1.165, 1.54) is 22.7 Å². The number of hydrogen-bond acceptors (Lipinski definition) is 3. The number of carbonyl (C=O) groups is 1. The number of nitrogens with zero attached hydrogens (tertiary/aromatic N) is 2. The Balaban J connectivity index is 2.44. The van der Waals surface area contributed by atoms with Gasteiger partial charge in [0.05, 0.1) is 0 Å². The molecule has 0 radical (unpaired) electrons. The highest BCUT2D eigenvalue weighted by Gasteiger charge is 2.29. The van der Waals surface area contributed by atoms with Gasteiger partial charge in [-0.1, -0.05) is 13.8 Å². The minimum absolute atomic E-state index is 0.0592. The first-order valence-corrected chi connectivity index (χ1v) is 8.10. The van der Waals surface area contributed by atoms with Crippen LogP contribution in [0.1, 0.15) is 33.1 Å². The van der Waals surface area contributed by atoms with E-state index < -0.39 is 10.2 Å². The molecule has 1 fully saturated rings. The Morgan fingerprint density at radius 2 is 1.84 bits per heavy atom. The van der Waals surface area contributed by atoms with Crippen LogP contribution in [0, 0.1) is 5.92 Å². The summed E-state index contributed by atoms with van der Waals surface area (Å²) >= 11 is 0. The maximum atomic E-state index is 11.9. The van der Waals surface area contributed by atoms with Gasteiger partial charge in [0.15, 0.2) is 0 Å². The van der Waals surface area contributed by atoms with E-state index in [1.54, 1.807) is 0 Å². The van der Waals surface area contributed by atoms with Crippen molar-refractivity contribution in [1.29, 1.82) is 0 Å². The monoisotopic (exact) mass is 291 g/mol. The first-order chi connectivity index (χ1) is 8.73. The lowest BCUT2D eigenvalue weighted by molar-refractivity contribution is -0.122. The topological polar surface area (TPSA) is 69.7 Å². The summed E-state index contributed by atoms with van der Waals surface area (Å²) < 4.78 is 26.5. The van der Waals surface area contributed by atoms with Crippen LogP contribution in [0.25, 0.3) is 0 Å². The second-order valence-corrected chi connectivity index (χ2v) is 7.77. The zero-order chi connectivity index (χ0) is 14.6. The zero-order valence-corrected chi connectivity index (χ0v) is 13.0. The van der Waals surface area contributed by atoms with E-state index in [0.717, 1.165) is 0 Å². The molecule has 1 heterocycles. The Morgan fingerprint density at radius 3 is 2.26 bits per heavy atom. The van der Waals surface area contributed by atoms with E-state index in [9.17, 15) is 13.2 Å². The van der Waals surface area contributed by atoms with Gasteiger partial charge in [0.25, 0.3) is 10.2 Å². The summed E-state index contributed by atoms with van der Waals surface area (Å²) in [4.78, 5) is 11.7. The van der Waals surface area contributed by atoms with Crippen LogP contribution in [0.4, 0.5) is 0 Å². The summed E-state index contributed by atoms with van der Waals surface area (Å²) in [6.45, 7) is 4.94. The van der Waals surface area contributed by atoms with E-state index in [2.05, 4.69) is 5.32 Å². The molecule has 1 N–H and O–H groups in total. The average Bonchev–Trinajstić information content (AvgIpc) is 2.28. The highest BCUT2D eigenvalue weighted by molar-refractivity contribution is 7.86. The first kappa shape index (κ1) is 16.4. The number of nitrogens with one attached hydrogen (secondary N) is 1. The number of piperidine rings is 1. The van der Waals surface area contributed by atoms with Crippen LogP contribution in [0.5, 0.6) is 0 Å². The van der Waals surface area contributed by atoms with E-state index in [0.29, 0.717) is 38.3 Å². The van der Waals surface area contributed by atoms with Gasteiger partial charge in [-0.05, 0) is 18.8 Å². The summed E-state index contributed by atoms with van der Waals surface area (Å²) in [6.07, 6.45) is 1.88. The van der Waals surface area contributed by atoms with Crippen molar-refractivity contribution in [1.82, 2.24) is 13.9 Å². The maximum absolute atomic E-state index is 11.9. The molecular formula is C12H25N3O3S. The smallest absolute Gasteiger partial charge is 0.281 e. The SMILES string of the molecule is CC(C)CC(=O)NC1CCN(S(=O)(=O)N(C)C)CC1. The van der Waals surface area contributed by atoms with E-state index in [-0.39, 0.29) is 11.9 Å². The van der Waals surface area contributed by atoms with Crippen molar-refractivity contribution in [3.63, 3.8) is 0 Å². The molecule has 0 unspecified atom stereocenters. The lowest BCUT2D eigenvalue weighted by atomic mass is 10.1. The maximum Gasteiger partial charge on any atom is 0.281 e. The zero-order valence-electron chi connectivity index (χ0n) is 12.2. The lowest BCUT2D eigenvalue weighted by Crippen LogP contribution is -2.49. The second-order valence-electron chi connectivity index (χ2n) is 5.63. The Bertz CT molecular complexity index is 398. The van der Waals surface area contributed by atoms with Crippen LogP contribution in [-0.2, 0) is 15.0 Å². The van der Waals surface area contributed by atoms with Crippen LogP contribution < -0.4 is 5.32 Å². The predicted octanol–water partition coefficient (Wildman–Crippen LogP) is 0.420. The van der Waals surface area contributed by atoms with Gasteiger partial charge in [-0.2, -0.15) is 17.0 Å². The van der Waals surface area contributed by atoms with Gasteiger partial charge >= 0.3 is 0 Å². The second kappa shape index (κ2) is 6.67. The molecular weight excluding hydrogens is 266 g/mol. The van der Waals surface area contributed by atoms with Crippen LogP contribution in [0.3, 0.4) is 0 Å². The van der Waals surface area contributed by atoms with Crippen LogP contribution >= 0.6 is 0 Å².